The van der Waals surface area contributed by atoms with Crippen molar-refractivity contribution in [2.24, 2.45) is 5.92 Å². The quantitative estimate of drug-likeness (QED) is 0.499. The van der Waals surface area contributed by atoms with Crippen molar-refractivity contribution in [3.05, 3.63) is 35.1 Å². The number of nitrogens with one attached hydrogen (secondary N) is 1. The van der Waals surface area contributed by atoms with Gasteiger partial charge < -0.3 is 0 Å². The van der Waals surface area contributed by atoms with E-state index in [1.54, 1.807) is 6.92 Å². The van der Waals surface area contributed by atoms with Crippen molar-refractivity contribution in [1.29, 1.82) is 0 Å². The molecule has 0 spiro atoms. The summed E-state index contributed by atoms with van der Waals surface area (Å²) in [5.41, 5.74) is -0.840. The highest BCUT2D eigenvalue weighted by molar-refractivity contribution is 7.78. The van der Waals surface area contributed by atoms with Crippen LogP contribution in [0.4, 0.5) is 17.6 Å². The summed E-state index contributed by atoms with van der Waals surface area (Å²) >= 11 is 3.75. The van der Waals surface area contributed by atoms with Crippen LogP contribution < -0.4 is 4.72 Å². The zero-order valence-corrected chi connectivity index (χ0v) is 14.2. The van der Waals surface area contributed by atoms with Gasteiger partial charge in [-0.1, -0.05) is 53.5 Å². The molecule has 21 heavy (non-hydrogen) atoms. The van der Waals surface area contributed by atoms with Gasteiger partial charge in [-0.25, -0.2) is 4.39 Å². The normalized spacial score (nSPS) is 12.0. The second-order valence-corrected chi connectivity index (χ2v) is 5.08. The molecule has 1 nitrogen and oxygen atoms in total. The van der Waals surface area contributed by atoms with Crippen LogP contribution in [0.3, 0.4) is 0 Å². The van der Waals surface area contributed by atoms with Gasteiger partial charge in [0.2, 0.25) is 0 Å². The first-order valence-corrected chi connectivity index (χ1v) is 7.30. The smallest absolute Gasteiger partial charge is 0.260 e. The molecule has 1 atom stereocenters. The summed E-state index contributed by atoms with van der Waals surface area (Å²) in [6.07, 6.45) is -4.65. The lowest BCUT2D eigenvalue weighted by Crippen LogP contribution is -2.11. The van der Waals surface area contributed by atoms with Crippen LogP contribution >= 0.6 is 12.8 Å². The second kappa shape index (κ2) is 10.9. The van der Waals surface area contributed by atoms with E-state index in [-0.39, 0.29) is 6.04 Å². The van der Waals surface area contributed by atoms with Crippen molar-refractivity contribution in [2.75, 3.05) is 0 Å². The van der Waals surface area contributed by atoms with Crippen molar-refractivity contribution in [3.63, 3.8) is 0 Å². The largest absolute Gasteiger partial charge is 0.419 e. The van der Waals surface area contributed by atoms with Crippen molar-refractivity contribution in [3.8, 4) is 0 Å². The maximum atomic E-state index is 13.1. The minimum Gasteiger partial charge on any atom is -0.260 e. The number of thiol groups is 1. The van der Waals surface area contributed by atoms with Crippen LogP contribution in [0.1, 0.15) is 58.7 Å². The summed E-state index contributed by atoms with van der Waals surface area (Å²) in [6, 6.07) is 2.49. The SMILES string of the molecule is CC.CC(C)C.C[C@H](NS)c1ccc(C(F)(F)F)c(F)c1. The van der Waals surface area contributed by atoms with E-state index in [9.17, 15) is 17.6 Å². The molecule has 0 saturated heterocycles. The molecule has 0 heterocycles. The van der Waals surface area contributed by atoms with Gasteiger partial charge in [0.25, 0.3) is 0 Å². The van der Waals surface area contributed by atoms with Gasteiger partial charge in [0.15, 0.2) is 0 Å². The van der Waals surface area contributed by atoms with Crippen LogP contribution in [0.15, 0.2) is 18.2 Å². The Balaban J connectivity index is 0. The Labute approximate surface area is 130 Å². The maximum absolute atomic E-state index is 13.1. The highest BCUT2D eigenvalue weighted by atomic mass is 32.1. The molecule has 0 unspecified atom stereocenters. The van der Waals surface area contributed by atoms with Crippen LogP contribution in [0, 0.1) is 11.7 Å². The predicted octanol–water partition coefficient (Wildman–Crippen LogP) is 6.03. The number of alkyl halides is 3. The molecule has 0 radical (unpaired) electrons. The molecule has 1 rings (SSSR count). The van der Waals surface area contributed by atoms with Crippen LogP contribution in [-0.2, 0) is 6.18 Å². The van der Waals surface area contributed by atoms with E-state index in [0.29, 0.717) is 5.56 Å². The highest BCUT2D eigenvalue weighted by Gasteiger charge is 2.34. The molecule has 0 aliphatic carbocycles. The molecule has 0 fully saturated rings. The van der Waals surface area contributed by atoms with Gasteiger partial charge in [-0.3, -0.25) is 4.72 Å². The third kappa shape index (κ3) is 9.74. The first kappa shape index (κ1) is 22.5. The van der Waals surface area contributed by atoms with Crippen molar-refractivity contribution in [1.82, 2.24) is 4.72 Å². The third-order valence-corrected chi connectivity index (χ3v) is 2.38. The molecule has 124 valence electrons. The number of hydrogen-bond acceptors (Lipinski definition) is 2. The molecular formula is C15H25F4NS. The standard InChI is InChI=1S/C9H9F4NS.C4H10.C2H6/c1-5(14-15)6-2-3-7(8(10)4-6)9(11,12)13;1-4(2)3;1-2/h2-5,14-15H,1H3;4H,1-3H3;1-2H3/t5-;;/m0../s1. The molecule has 0 amide bonds. The summed E-state index contributed by atoms with van der Waals surface area (Å²) in [4.78, 5) is 0. The minimum atomic E-state index is -4.65. The monoisotopic (exact) mass is 327 g/mol. The van der Waals surface area contributed by atoms with E-state index in [1.165, 1.54) is 6.07 Å². The van der Waals surface area contributed by atoms with E-state index in [4.69, 9.17) is 0 Å². The molecule has 0 bridgehead atoms. The molecule has 6 heteroatoms. The number of rotatable bonds is 2. The fraction of sp³-hybridized carbons (Fsp3) is 0.600. The van der Waals surface area contributed by atoms with Crippen LogP contribution in [-0.4, -0.2) is 0 Å². The van der Waals surface area contributed by atoms with Gasteiger partial charge in [0.1, 0.15) is 5.82 Å². The first-order valence-electron chi connectivity index (χ1n) is 6.85. The molecule has 0 aliphatic heterocycles. The summed E-state index contributed by atoms with van der Waals surface area (Å²) in [5, 5.41) is 0. The third-order valence-electron chi connectivity index (χ3n) is 1.99. The molecular weight excluding hydrogens is 302 g/mol. The summed E-state index contributed by atoms with van der Waals surface area (Å²) < 4.78 is 52.2. The first-order chi connectivity index (χ1) is 9.59. The fourth-order valence-corrected chi connectivity index (χ4v) is 1.25. The summed E-state index contributed by atoms with van der Waals surface area (Å²) in [6.45, 7) is 12.2. The van der Waals surface area contributed by atoms with Crippen molar-refractivity contribution < 1.29 is 17.6 Å². The van der Waals surface area contributed by atoms with E-state index < -0.39 is 17.6 Å². The topological polar surface area (TPSA) is 12.0 Å². The molecule has 0 aromatic heterocycles. The maximum Gasteiger partial charge on any atom is 0.419 e. The van der Waals surface area contributed by atoms with E-state index in [1.807, 2.05) is 13.8 Å². The van der Waals surface area contributed by atoms with Gasteiger partial charge in [-0.05, 0) is 30.5 Å². The van der Waals surface area contributed by atoms with Crippen molar-refractivity contribution >= 4 is 12.8 Å². The van der Waals surface area contributed by atoms with Crippen LogP contribution in [0.2, 0.25) is 0 Å². The highest BCUT2D eigenvalue weighted by Crippen LogP contribution is 2.32. The Hall–Kier alpha value is -0.750. The lowest BCUT2D eigenvalue weighted by atomic mass is 10.1. The lowest BCUT2D eigenvalue weighted by molar-refractivity contribution is -0.140. The van der Waals surface area contributed by atoms with Crippen LogP contribution in [0.25, 0.3) is 0 Å². The Bertz CT molecular complexity index is 389. The van der Waals surface area contributed by atoms with Gasteiger partial charge in [0, 0.05) is 6.04 Å². The minimum absolute atomic E-state index is 0.315. The number of hydrogen-bond donors (Lipinski definition) is 2. The van der Waals surface area contributed by atoms with Gasteiger partial charge in [0.05, 0.1) is 5.56 Å². The van der Waals surface area contributed by atoms with Crippen molar-refractivity contribution in [2.45, 2.75) is 53.8 Å². The Morgan fingerprint density at radius 2 is 1.48 bits per heavy atom. The molecule has 1 aromatic carbocycles. The predicted molar refractivity (Wildman–Crippen MR) is 83.8 cm³/mol. The van der Waals surface area contributed by atoms with E-state index in [0.717, 1.165) is 18.1 Å². The Morgan fingerprint density at radius 1 is 1.05 bits per heavy atom. The van der Waals surface area contributed by atoms with Crippen LogP contribution in [0.5, 0.6) is 0 Å². The molecule has 1 N–H and O–H groups in total. The molecule has 1 aromatic rings. The molecule has 0 saturated carbocycles. The number of benzene rings is 1. The summed E-state index contributed by atoms with van der Waals surface area (Å²) in [7, 11) is 0. The van der Waals surface area contributed by atoms with Gasteiger partial charge >= 0.3 is 6.18 Å². The van der Waals surface area contributed by atoms with E-state index >= 15 is 0 Å². The zero-order chi connectivity index (χ0) is 17.2. The zero-order valence-electron chi connectivity index (χ0n) is 13.3. The number of halogens is 4. The van der Waals surface area contributed by atoms with Gasteiger partial charge in [-0.2, -0.15) is 13.2 Å². The second-order valence-electron chi connectivity index (χ2n) is 4.82. The lowest BCUT2D eigenvalue weighted by Gasteiger charge is -2.12. The average Bonchev–Trinajstić information content (AvgIpc) is 2.38. The summed E-state index contributed by atoms with van der Waals surface area (Å²) in [5.74, 6) is -0.435. The average molecular weight is 327 g/mol. The Morgan fingerprint density at radius 3 is 1.76 bits per heavy atom. The molecule has 0 aliphatic rings. The van der Waals surface area contributed by atoms with Gasteiger partial charge in [-0.15, -0.1) is 0 Å². The fourth-order valence-electron chi connectivity index (χ4n) is 1.11. The van der Waals surface area contributed by atoms with E-state index in [2.05, 4.69) is 38.3 Å². The Kier molecular flexibility index (Phi) is 11.7.